The summed E-state index contributed by atoms with van der Waals surface area (Å²) in [5, 5.41) is 6.95. The molecule has 1 atom stereocenters. The summed E-state index contributed by atoms with van der Waals surface area (Å²) in [7, 11) is 0. The van der Waals surface area contributed by atoms with E-state index in [1.807, 2.05) is 0 Å². The molecular weight excluding hydrogens is 250 g/mol. The molecule has 5 N–H and O–H groups in total. The van der Waals surface area contributed by atoms with Crippen LogP contribution in [-0.2, 0) is 4.79 Å². The number of carbonyl (C=O) groups excluding carboxylic acids is 1. The van der Waals surface area contributed by atoms with E-state index in [1.54, 1.807) is 18.3 Å². The molecule has 1 saturated heterocycles. The Morgan fingerprint density at radius 1 is 1.61 bits per heavy atom. The van der Waals surface area contributed by atoms with E-state index >= 15 is 0 Å². The monoisotopic (exact) mass is 265 g/mol. The average molecular weight is 265 g/mol. The van der Waals surface area contributed by atoms with Crippen LogP contribution in [0.1, 0.15) is 18.4 Å². The van der Waals surface area contributed by atoms with Crippen molar-refractivity contribution in [3.05, 3.63) is 23.9 Å². The normalized spacial score (nSPS) is 20.6. The first-order valence-corrected chi connectivity index (χ1v) is 6.53. The lowest BCUT2D eigenvalue weighted by Gasteiger charge is -2.20. The van der Waals surface area contributed by atoms with Crippen LogP contribution in [0.4, 0.5) is 0 Å². The number of hydrazone groups is 1. The van der Waals surface area contributed by atoms with Crippen molar-refractivity contribution in [2.45, 2.75) is 23.1 Å². The molecule has 0 aromatic carbocycles. The molecule has 0 saturated carbocycles. The van der Waals surface area contributed by atoms with Gasteiger partial charge in [-0.2, -0.15) is 5.10 Å². The summed E-state index contributed by atoms with van der Waals surface area (Å²) in [6.07, 6.45) is 3.49. The Labute approximate surface area is 109 Å². The van der Waals surface area contributed by atoms with Crippen LogP contribution in [0.3, 0.4) is 0 Å². The second-order valence-electron chi connectivity index (χ2n) is 3.94. The fourth-order valence-corrected chi connectivity index (χ4v) is 2.79. The van der Waals surface area contributed by atoms with E-state index in [0.29, 0.717) is 5.56 Å². The number of hydrogen-bond donors (Lipinski definition) is 3. The molecule has 1 aliphatic rings. The van der Waals surface area contributed by atoms with Crippen LogP contribution in [0, 0.1) is 0 Å². The molecule has 0 spiro atoms. The van der Waals surface area contributed by atoms with Gasteiger partial charge >= 0.3 is 0 Å². The first kappa shape index (κ1) is 12.7. The number of amides is 1. The van der Waals surface area contributed by atoms with Crippen LogP contribution in [0.5, 0.6) is 0 Å². The maximum Gasteiger partial charge on any atom is 0.233 e. The van der Waals surface area contributed by atoms with Gasteiger partial charge in [-0.3, -0.25) is 4.79 Å². The van der Waals surface area contributed by atoms with Crippen molar-refractivity contribution in [3.8, 4) is 0 Å². The van der Waals surface area contributed by atoms with Gasteiger partial charge in [-0.15, -0.1) is 0 Å². The number of amidine groups is 1. The third kappa shape index (κ3) is 2.92. The van der Waals surface area contributed by atoms with Crippen LogP contribution in [0.25, 0.3) is 0 Å². The highest BCUT2D eigenvalue weighted by atomic mass is 32.2. The topological polar surface area (TPSA) is 106 Å². The number of nitrogens with zero attached hydrogens (tertiary/aromatic N) is 2. The van der Waals surface area contributed by atoms with E-state index in [2.05, 4.69) is 15.4 Å². The number of rotatable bonds is 3. The van der Waals surface area contributed by atoms with E-state index in [1.165, 1.54) is 11.8 Å². The van der Waals surface area contributed by atoms with Crippen LogP contribution in [-0.4, -0.2) is 28.5 Å². The second kappa shape index (κ2) is 5.72. The number of nitrogens with one attached hydrogen (secondary N) is 1. The molecule has 1 unspecified atom stereocenters. The molecule has 2 rings (SSSR count). The summed E-state index contributed by atoms with van der Waals surface area (Å²) < 4.78 is 0. The zero-order valence-electron chi connectivity index (χ0n) is 9.80. The fraction of sp³-hybridized carbons (Fsp3) is 0.364. The molecule has 7 heteroatoms. The number of carbonyl (C=O) groups is 1. The molecule has 0 aliphatic carbocycles. The molecule has 1 fully saturated rings. The highest BCUT2D eigenvalue weighted by Crippen LogP contribution is 2.26. The molecule has 6 nitrogen and oxygen atoms in total. The Morgan fingerprint density at radius 3 is 3.17 bits per heavy atom. The number of hydrogen-bond acceptors (Lipinski definition) is 5. The van der Waals surface area contributed by atoms with Crippen molar-refractivity contribution in [1.29, 1.82) is 0 Å². The smallest absolute Gasteiger partial charge is 0.233 e. The van der Waals surface area contributed by atoms with Gasteiger partial charge in [0.1, 0.15) is 5.84 Å². The standard InChI is InChI=1S/C11H15N5OS/c12-10(16-13)7-3-5-14-9(6-7)18-8-2-1-4-15-11(8)17/h3,5-6,8H,1-2,4,13H2,(H2,12,16)(H,15,17). The largest absolute Gasteiger partial charge is 0.382 e. The minimum atomic E-state index is -0.0856. The van der Waals surface area contributed by atoms with Gasteiger partial charge in [-0.1, -0.05) is 11.8 Å². The van der Waals surface area contributed by atoms with Gasteiger partial charge in [0.15, 0.2) is 0 Å². The molecule has 0 radical (unpaired) electrons. The lowest BCUT2D eigenvalue weighted by Crippen LogP contribution is -2.38. The quantitative estimate of drug-likeness (QED) is 0.309. The highest BCUT2D eigenvalue weighted by Gasteiger charge is 2.23. The molecule has 1 aromatic heterocycles. The maximum absolute atomic E-state index is 11.6. The predicted molar refractivity (Wildman–Crippen MR) is 71.0 cm³/mol. The number of piperidine rings is 1. The lowest BCUT2D eigenvalue weighted by molar-refractivity contribution is -0.121. The maximum atomic E-state index is 11.6. The fourth-order valence-electron chi connectivity index (χ4n) is 1.71. The summed E-state index contributed by atoms with van der Waals surface area (Å²) >= 11 is 1.44. The zero-order valence-corrected chi connectivity index (χ0v) is 10.6. The van der Waals surface area contributed by atoms with Crippen LogP contribution in [0.15, 0.2) is 28.5 Å². The lowest BCUT2D eigenvalue weighted by atomic mass is 10.1. The van der Waals surface area contributed by atoms with Crippen LogP contribution >= 0.6 is 11.8 Å². The van der Waals surface area contributed by atoms with Crippen LogP contribution < -0.4 is 16.9 Å². The van der Waals surface area contributed by atoms with Crippen molar-refractivity contribution in [2.75, 3.05) is 6.54 Å². The highest BCUT2D eigenvalue weighted by molar-refractivity contribution is 8.00. The molecule has 1 amide bonds. The summed E-state index contributed by atoms with van der Waals surface area (Å²) in [5.74, 6) is 5.46. The molecule has 96 valence electrons. The van der Waals surface area contributed by atoms with Gasteiger partial charge in [-0.05, 0) is 25.0 Å². The molecule has 18 heavy (non-hydrogen) atoms. The summed E-state index contributed by atoms with van der Waals surface area (Å²) in [6, 6.07) is 3.52. The second-order valence-corrected chi connectivity index (χ2v) is 5.16. The molecule has 1 aliphatic heterocycles. The Hall–Kier alpha value is -1.76. The Balaban J connectivity index is 2.11. The third-order valence-electron chi connectivity index (χ3n) is 2.67. The van der Waals surface area contributed by atoms with Crippen molar-refractivity contribution in [3.63, 3.8) is 0 Å². The minimum absolute atomic E-state index is 0.0684. The van der Waals surface area contributed by atoms with Crippen molar-refractivity contribution >= 4 is 23.5 Å². The summed E-state index contributed by atoms with van der Waals surface area (Å²) in [6.45, 7) is 0.760. The van der Waals surface area contributed by atoms with Crippen molar-refractivity contribution < 1.29 is 4.79 Å². The number of nitrogens with two attached hydrogens (primary N) is 2. The zero-order chi connectivity index (χ0) is 13.0. The van der Waals surface area contributed by atoms with Gasteiger partial charge in [0.05, 0.1) is 10.3 Å². The summed E-state index contributed by atoms with van der Waals surface area (Å²) in [5.41, 5.74) is 6.35. The predicted octanol–water partition coefficient (Wildman–Crippen LogP) is 0.0313. The van der Waals surface area contributed by atoms with E-state index < -0.39 is 0 Å². The number of pyridine rings is 1. The molecule has 0 bridgehead atoms. The SMILES string of the molecule is N/N=C(\N)c1ccnc(SC2CCCNC2=O)c1. The van der Waals surface area contributed by atoms with E-state index in [4.69, 9.17) is 11.6 Å². The average Bonchev–Trinajstić information content (AvgIpc) is 2.41. The first-order valence-electron chi connectivity index (χ1n) is 5.65. The number of aromatic nitrogens is 1. The first-order chi connectivity index (χ1) is 8.70. The van der Waals surface area contributed by atoms with Gasteiger partial charge in [0.25, 0.3) is 0 Å². The Bertz CT molecular complexity index is 476. The van der Waals surface area contributed by atoms with Crippen molar-refractivity contribution in [1.82, 2.24) is 10.3 Å². The third-order valence-corrected chi connectivity index (χ3v) is 3.87. The Kier molecular flexibility index (Phi) is 4.03. The minimum Gasteiger partial charge on any atom is -0.382 e. The van der Waals surface area contributed by atoms with E-state index in [-0.39, 0.29) is 17.0 Å². The van der Waals surface area contributed by atoms with Crippen molar-refractivity contribution in [2.24, 2.45) is 16.7 Å². The van der Waals surface area contributed by atoms with Gasteiger partial charge in [0.2, 0.25) is 5.91 Å². The number of thioether (sulfide) groups is 1. The van der Waals surface area contributed by atoms with E-state index in [9.17, 15) is 4.79 Å². The van der Waals surface area contributed by atoms with Gasteiger partial charge < -0.3 is 16.9 Å². The Morgan fingerprint density at radius 2 is 2.44 bits per heavy atom. The van der Waals surface area contributed by atoms with Gasteiger partial charge in [0, 0.05) is 18.3 Å². The molecule has 2 heterocycles. The van der Waals surface area contributed by atoms with Crippen LogP contribution in [0.2, 0.25) is 0 Å². The molecular formula is C11H15N5OS. The summed E-state index contributed by atoms with van der Waals surface area (Å²) in [4.78, 5) is 15.9. The molecule has 1 aromatic rings. The van der Waals surface area contributed by atoms with E-state index in [0.717, 1.165) is 24.4 Å². The van der Waals surface area contributed by atoms with Gasteiger partial charge in [-0.25, -0.2) is 4.98 Å².